The average Bonchev–Trinajstić information content (AvgIpc) is 2.73. The first-order valence-electron chi connectivity index (χ1n) is 9.44. The highest BCUT2D eigenvalue weighted by atomic mass is 16.2. The molecule has 6 nitrogen and oxygen atoms in total. The molecule has 2 aliphatic heterocycles. The van der Waals surface area contributed by atoms with Crippen LogP contribution >= 0.6 is 0 Å². The van der Waals surface area contributed by atoms with Crippen LogP contribution in [0.1, 0.15) is 18.1 Å². The van der Waals surface area contributed by atoms with E-state index in [0.29, 0.717) is 0 Å². The molecule has 26 heavy (non-hydrogen) atoms. The van der Waals surface area contributed by atoms with Gasteiger partial charge in [0.1, 0.15) is 0 Å². The number of benzene rings is 1. The highest BCUT2D eigenvalue weighted by molar-refractivity contribution is 5.80. The number of nitrogens with one attached hydrogen (secondary N) is 1. The van der Waals surface area contributed by atoms with E-state index in [2.05, 4.69) is 46.1 Å². The van der Waals surface area contributed by atoms with Gasteiger partial charge in [-0.25, -0.2) is 9.97 Å². The summed E-state index contributed by atoms with van der Waals surface area (Å²) in [5, 5.41) is 0. The van der Waals surface area contributed by atoms with Crippen molar-refractivity contribution in [3.8, 4) is 0 Å². The van der Waals surface area contributed by atoms with Crippen molar-refractivity contribution in [2.75, 3.05) is 37.6 Å². The van der Waals surface area contributed by atoms with Crippen molar-refractivity contribution in [2.24, 2.45) is 0 Å². The average molecular weight is 352 g/mol. The predicted molar refractivity (Wildman–Crippen MR) is 100.0 cm³/mol. The zero-order chi connectivity index (χ0) is 17.9. The van der Waals surface area contributed by atoms with Crippen molar-refractivity contribution in [1.29, 1.82) is 0 Å². The van der Waals surface area contributed by atoms with Crippen LogP contribution in [0.15, 0.2) is 42.7 Å². The lowest BCUT2D eigenvalue weighted by atomic mass is 9.99. The van der Waals surface area contributed by atoms with E-state index < -0.39 is 0 Å². The fraction of sp³-hybridized carbons (Fsp3) is 0.450. The molecular formula is C20H26N5O+. The van der Waals surface area contributed by atoms with E-state index in [1.54, 1.807) is 12.4 Å². The number of hydrogen-bond donors (Lipinski definition) is 1. The number of rotatable bonds is 3. The number of amides is 1. The number of carbonyl (C=O) groups excluding carboxylic acids is 1. The first-order valence-corrected chi connectivity index (χ1v) is 9.44. The minimum Gasteiger partial charge on any atom is -0.333 e. The largest absolute Gasteiger partial charge is 0.333 e. The van der Waals surface area contributed by atoms with Crippen molar-refractivity contribution in [2.45, 2.75) is 25.9 Å². The minimum absolute atomic E-state index is 0.000830. The van der Waals surface area contributed by atoms with Crippen LogP contribution in [0.25, 0.3) is 0 Å². The van der Waals surface area contributed by atoms with Crippen molar-refractivity contribution in [3.63, 3.8) is 0 Å². The number of nitrogens with zero attached hydrogens (tertiary/aromatic N) is 4. The Hall–Kier alpha value is -2.47. The maximum Gasteiger partial charge on any atom is 0.280 e. The summed E-state index contributed by atoms with van der Waals surface area (Å²) >= 11 is 0. The van der Waals surface area contributed by atoms with E-state index in [4.69, 9.17) is 0 Å². The number of anilines is 1. The third-order valence-corrected chi connectivity index (χ3v) is 5.67. The van der Waals surface area contributed by atoms with E-state index in [1.165, 1.54) is 16.0 Å². The van der Waals surface area contributed by atoms with E-state index >= 15 is 0 Å². The molecule has 1 N–H and O–H groups in total. The highest BCUT2D eigenvalue weighted by Gasteiger charge is 2.33. The highest BCUT2D eigenvalue weighted by Crippen LogP contribution is 2.18. The topological polar surface area (TPSA) is 53.8 Å². The van der Waals surface area contributed by atoms with Crippen LogP contribution in [0.5, 0.6) is 0 Å². The Morgan fingerprint density at radius 2 is 1.73 bits per heavy atom. The Morgan fingerprint density at radius 1 is 1.04 bits per heavy atom. The van der Waals surface area contributed by atoms with Gasteiger partial charge in [-0.15, -0.1) is 0 Å². The second kappa shape index (κ2) is 7.41. The Balaban J connectivity index is 1.35. The van der Waals surface area contributed by atoms with Crippen LogP contribution in [0, 0.1) is 0 Å². The van der Waals surface area contributed by atoms with Gasteiger partial charge in [0, 0.05) is 25.5 Å². The van der Waals surface area contributed by atoms with Gasteiger partial charge in [-0.1, -0.05) is 24.3 Å². The van der Waals surface area contributed by atoms with Crippen molar-refractivity contribution in [1.82, 2.24) is 14.9 Å². The molecule has 3 heterocycles. The zero-order valence-electron chi connectivity index (χ0n) is 15.3. The van der Waals surface area contributed by atoms with Crippen LogP contribution in [-0.2, 0) is 17.8 Å². The Labute approximate surface area is 154 Å². The summed E-state index contributed by atoms with van der Waals surface area (Å²) in [5.41, 5.74) is 2.67. The maximum absolute atomic E-state index is 13.0. The number of fused-ring (bicyclic) bond motifs is 1. The molecule has 1 aromatic carbocycles. The van der Waals surface area contributed by atoms with Gasteiger partial charge in [0.15, 0.2) is 6.04 Å². The van der Waals surface area contributed by atoms with Gasteiger partial charge in [-0.3, -0.25) is 4.79 Å². The van der Waals surface area contributed by atoms with Crippen molar-refractivity contribution in [3.05, 3.63) is 53.9 Å². The molecule has 0 spiro atoms. The van der Waals surface area contributed by atoms with Gasteiger partial charge >= 0.3 is 0 Å². The number of carbonyl (C=O) groups is 1. The molecule has 6 heteroatoms. The number of aromatic nitrogens is 2. The standard InChI is InChI=1S/C20H25N5O/c1-16(19(26)25-10-7-17-5-2-3-6-18(17)15-25)23-11-13-24(14-12-23)20-21-8-4-9-22-20/h2-6,8-9,16H,7,10-15H2,1H3/p+1/t16-/m1/s1. The number of piperazine rings is 1. The molecule has 1 atom stereocenters. The minimum atomic E-state index is -0.000830. The molecule has 0 aliphatic carbocycles. The van der Waals surface area contributed by atoms with Gasteiger partial charge in [-0.2, -0.15) is 0 Å². The van der Waals surface area contributed by atoms with Gasteiger partial charge in [0.2, 0.25) is 5.95 Å². The summed E-state index contributed by atoms with van der Waals surface area (Å²) in [6.07, 6.45) is 4.52. The van der Waals surface area contributed by atoms with E-state index in [1.807, 2.05) is 11.0 Å². The normalized spacial score (nSPS) is 19.1. The molecule has 1 fully saturated rings. The third kappa shape index (κ3) is 3.42. The SMILES string of the molecule is C[C@H](C(=O)N1CCc2ccccc2C1)[NH+]1CCN(c2ncccn2)CC1. The first-order chi connectivity index (χ1) is 12.7. The fourth-order valence-electron chi connectivity index (χ4n) is 4.01. The van der Waals surface area contributed by atoms with Crippen LogP contribution in [0.2, 0.25) is 0 Å². The smallest absolute Gasteiger partial charge is 0.280 e. The van der Waals surface area contributed by atoms with Gasteiger partial charge in [0.05, 0.1) is 26.2 Å². The molecule has 0 unspecified atom stereocenters. The summed E-state index contributed by atoms with van der Waals surface area (Å²) in [6, 6.07) is 10.3. The molecule has 136 valence electrons. The Bertz CT molecular complexity index is 758. The van der Waals surface area contributed by atoms with Crippen molar-refractivity contribution < 1.29 is 9.69 Å². The molecule has 0 radical (unpaired) electrons. The Morgan fingerprint density at radius 3 is 2.46 bits per heavy atom. The second-order valence-corrected chi connectivity index (χ2v) is 7.19. The molecule has 2 aromatic rings. The van der Waals surface area contributed by atoms with E-state index in [0.717, 1.165) is 51.6 Å². The quantitative estimate of drug-likeness (QED) is 0.855. The number of hydrogen-bond acceptors (Lipinski definition) is 4. The molecular weight excluding hydrogens is 326 g/mol. The first kappa shape index (κ1) is 17.0. The molecule has 4 rings (SSSR count). The molecule has 0 bridgehead atoms. The summed E-state index contributed by atoms with van der Waals surface area (Å²) in [5.74, 6) is 1.07. The van der Waals surface area contributed by atoms with E-state index in [9.17, 15) is 4.79 Å². The third-order valence-electron chi connectivity index (χ3n) is 5.67. The van der Waals surface area contributed by atoms with Crippen LogP contribution in [0.4, 0.5) is 5.95 Å². The number of quaternary nitrogens is 1. The van der Waals surface area contributed by atoms with Crippen LogP contribution < -0.4 is 9.80 Å². The summed E-state index contributed by atoms with van der Waals surface area (Å²) < 4.78 is 0. The predicted octanol–water partition coefficient (Wildman–Crippen LogP) is 0.155. The maximum atomic E-state index is 13.0. The molecule has 1 amide bonds. The Kier molecular flexibility index (Phi) is 4.84. The van der Waals surface area contributed by atoms with Gasteiger partial charge < -0.3 is 14.7 Å². The van der Waals surface area contributed by atoms with Crippen LogP contribution in [0.3, 0.4) is 0 Å². The summed E-state index contributed by atoms with van der Waals surface area (Å²) in [4.78, 5) is 27.3. The molecule has 1 aromatic heterocycles. The monoisotopic (exact) mass is 352 g/mol. The lowest BCUT2D eigenvalue weighted by Crippen LogP contribution is -3.19. The van der Waals surface area contributed by atoms with E-state index in [-0.39, 0.29) is 11.9 Å². The second-order valence-electron chi connectivity index (χ2n) is 7.19. The van der Waals surface area contributed by atoms with Gasteiger partial charge in [-0.05, 0) is 30.5 Å². The molecule has 1 saturated heterocycles. The fourth-order valence-corrected chi connectivity index (χ4v) is 4.01. The van der Waals surface area contributed by atoms with Crippen LogP contribution in [-0.4, -0.2) is 59.5 Å². The zero-order valence-corrected chi connectivity index (χ0v) is 15.3. The lowest BCUT2D eigenvalue weighted by Gasteiger charge is -2.37. The molecule has 0 saturated carbocycles. The molecule has 2 aliphatic rings. The van der Waals surface area contributed by atoms with Crippen molar-refractivity contribution >= 4 is 11.9 Å². The lowest BCUT2D eigenvalue weighted by molar-refractivity contribution is -0.915. The van der Waals surface area contributed by atoms with Gasteiger partial charge in [0.25, 0.3) is 5.91 Å². The summed E-state index contributed by atoms with van der Waals surface area (Å²) in [7, 11) is 0. The summed E-state index contributed by atoms with van der Waals surface area (Å²) in [6.45, 7) is 7.31.